The third kappa shape index (κ3) is 7.18. The van der Waals surface area contributed by atoms with Crippen LogP contribution in [0.25, 0.3) is 11.1 Å². The van der Waals surface area contributed by atoms with Crippen LogP contribution in [0.4, 0.5) is 15.3 Å². The number of nitrogens with one attached hydrogen (secondary N) is 3. The zero-order chi connectivity index (χ0) is 28.9. The lowest BCUT2D eigenvalue weighted by Crippen LogP contribution is -2.42. The van der Waals surface area contributed by atoms with E-state index in [4.69, 9.17) is 9.47 Å². The summed E-state index contributed by atoms with van der Waals surface area (Å²) in [4.78, 5) is 37.0. The highest BCUT2D eigenvalue weighted by atomic mass is 16.6. The summed E-state index contributed by atoms with van der Waals surface area (Å²) in [6, 6.07) is 21.8. The second-order valence-corrected chi connectivity index (χ2v) is 10.7. The Labute approximate surface area is 233 Å². The van der Waals surface area contributed by atoms with Gasteiger partial charge in [0.1, 0.15) is 18.2 Å². The maximum Gasteiger partial charge on any atom is 0.407 e. The van der Waals surface area contributed by atoms with Gasteiger partial charge in [-0.15, -0.1) is 0 Å². The number of carbonyl (C=O) groups excluding carboxylic acids is 3. The summed E-state index contributed by atoms with van der Waals surface area (Å²) < 4.78 is 10.7. The normalized spacial score (nSPS) is 13.8. The minimum Gasteiger partial charge on any atom is -0.449 e. The molecule has 0 aliphatic heterocycles. The van der Waals surface area contributed by atoms with E-state index in [0.29, 0.717) is 11.3 Å². The largest absolute Gasteiger partial charge is 0.449 e. The van der Waals surface area contributed by atoms with Gasteiger partial charge >= 0.3 is 12.2 Å². The van der Waals surface area contributed by atoms with Crippen LogP contribution in [0.2, 0.25) is 0 Å². The smallest absolute Gasteiger partial charge is 0.407 e. The average Bonchev–Trinajstić information content (AvgIpc) is 3.23. The minimum absolute atomic E-state index is 0.0261. The number of aliphatic hydroxyl groups excluding tert-OH is 1. The van der Waals surface area contributed by atoms with Gasteiger partial charge in [0.25, 0.3) is 0 Å². The van der Waals surface area contributed by atoms with Crippen LogP contribution in [-0.4, -0.2) is 48.0 Å². The second-order valence-electron chi connectivity index (χ2n) is 10.7. The molecule has 9 nitrogen and oxygen atoms in total. The van der Waals surface area contributed by atoms with Crippen molar-refractivity contribution in [3.8, 4) is 11.1 Å². The van der Waals surface area contributed by atoms with E-state index in [1.807, 2.05) is 36.4 Å². The van der Waals surface area contributed by atoms with Crippen molar-refractivity contribution in [2.45, 2.75) is 51.4 Å². The summed E-state index contributed by atoms with van der Waals surface area (Å²) in [5.74, 6) is -0.496. The van der Waals surface area contributed by atoms with Gasteiger partial charge in [-0.05, 0) is 67.6 Å². The fourth-order valence-electron chi connectivity index (χ4n) is 4.53. The number of aliphatic hydroxyl groups is 1. The van der Waals surface area contributed by atoms with Crippen LogP contribution in [-0.2, 0) is 14.3 Å². The summed E-state index contributed by atoms with van der Waals surface area (Å²) in [5, 5.41) is 18.2. The molecule has 40 heavy (non-hydrogen) atoms. The third-order valence-corrected chi connectivity index (χ3v) is 6.47. The van der Waals surface area contributed by atoms with Crippen LogP contribution in [0.1, 0.15) is 56.4 Å². The van der Waals surface area contributed by atoms with Crippen LogP contribution in [0.15, 0.2) is 72.8 Å². The Bertz CT molecular complexity index is 1320. The molecule has 9 heteroatoms. The summed E-state index contributed by atoms with van der Waals surface area (Å²) >= 11 is 0. The number of carbonyl (C=O) groups is 3. The van der Waals surface area contributed by atoms with Crippen molar-refractivity contribution >= 4 is 23.8 Å². The van der Waals surface area contributed by atoms with Crippen LogP contribution in [0.3, 0.4) is 0 Å². The van der Waals surface area contributed by atoms with Gasteiger partial charge in [0.15, 0.2) is 0 Å². The Morgan fingerprint density at radius 2 is 1.45 bits per heavy atom. The van der Waals surface area contributed by atoms with E-state index in [9.17, 15) is 19.5 Å². The molecule has 4 N–H and O–H groups in total. The first kappa shape index (κ1) is 28.6. The number of rotatable bonds is 8. The number of ether oxygens (including phenoxy) is 2. The van der Waals surface area contributed by atoms with Gasteiger partial charge in [-0.25, -0.2) is 9.59 Å². The number of hydrogen-bond acceptors (Lipinski definition) is 6. The highest BCUT2D eigenvalue weighted by molar-refractivity contribution is 5.96. The lowest BCUT2D eigenvalue weighted by molar-refractivity contribution is -0.117. The molecule has 3 aromatic rings. The number of anilines is 1. The van der Waals surface area contributed by atoms with Crippen LogP contribution >= 0.6 is 0 Å². The summed E-state index contributed by atoms with van der Waals surface area (Å²) in [5.41, 5.74) is 4.90. The molecule has 1 aliphatic carbocycles. The summed E-state index contributed by atoms with van der Waals surface area (Å²) in [6.45, 7) is 6.96. The van der Waals surface area contributed by atoms with Crippen molar-refractivity contribution in [3.63, 3.8) is 0 Å². The van der Waals surface area contributed by atoms with Crippen molar-refractivity contribution in [1.29, 1.82) is 0 Å². The van der Waals surface area contributed by atoms with E-state index in [-0.39, 0.29) is 19.1 Å². The van der Waals surface area contributed by atoms with E-state index in [1.54, 1.807) is 52.0 Å². The van der Waals surface area contributed by atoms with Crippen molar-refractivity contribution in [2.24, 2.45) is 0 Å². The van der Waals surface area contributed by atoms with E-state index in [1.165, 1.54) is 0 Å². The minimum atomic E-state index is -0.952. The standard InChI is InChI=1S/C31H35N3O6/c1-19(28(36)34-21-15-13-20(14-16-21)27(35)17-32-29(37)40-31(2,3)4)33-30(38)39-18-26-24-11-7-5-9-22(24)23-10-6-8-12-25(23)26/h5-16,19,26-27,35H,17-18H2,1-4H3,(H,32,37)(H,33,38)(H,34,36)/t19-,27?/m0/s1. The van der Waals surface area contributed by atoms with Gasteiger partial charge in [-0.2, -0.15) is 0 Å². The van der Waals surface area contributed by atoms with Gasteiger partial charge in [-0.3, -0.25) is 4.79 Å². The third-order valence-electron chi connectivity index (χ3n) is 6.47. The van der Waals surface area contributed by atoms with E-state index in [2.05, 4.69) is 28.1 Å². The van der Waals surface area contributed by atoms with Crippen molar-refractivity contribution in [3.05, 3.63) is 89.5 Å². The van der Waals surface area contributed by atoms with Crippen LogP contribution in [0.5, 0.6) is 0 Å². The van der Waals surface area contributed by atoms with Gasteiger partial charge in [0.05, 0.1) is 12.6 Å². The van der Waals surface area contributed by atoms with Gasteiger partial charge in [0.2, 0.25) is 5.91 Å². The van der Waals surface area contributed by atoms with Crippen LogP contribution < -0.4 is 16.0 Å². The summed E-state index contributed by atoms with van der Waals surface area (Å²) in [6.07, 6.45) is -2.25. The monoisotopic (exact) mass is 545 g/mol. The highest BCUT2D eigenvalue weighted by Gasteiger charge is 2.29. The molecule has 0 saturated heterocycles. The number of fused-ring (bicyclic) bond motifs is 3. The maximum atomic E-state index is 12.7. The number of hydrogen-bond donors (Lipinski definition) is 4. The van der Waals surface area contributed by atoms with E-state index < -0.39 is 35.8 Å². The van der Waals surface area contributed by atoms with Crippen molar-refractivity contribution in [1.82, 2.24) is 10.6 Å². The molecule has 0 heterocycles. The van der Waals surface area contributed by atoms with Crippen molar-refractivity contribution in [2.75, 3.05) is 18.5 Å². The molecule has 1 aliphatic rings. The fraction of sp³-hybridized carbons (Fsp3) is 0.323. The molecule has 3 amide bonds. The number of alkyl carbamates (subject to hydrolysis) is 2. The van der Waals surface area contributed by atoms with Gasteiger partial charge < -0.3 is 30.5 Å². The number of benzene rings is 3. The molecule has 2 atom stereocenters. The molecule has 0 aromatic heterocycles. The molecule has 3 aromatic carbocycles. The molecule has 0 radical (unpaired) electrons. The van der Waals surface area contributed by atoms with Gasteiger partial charge in [-0.1, -0.05) is 60.7 Å². The predicted octanol–water partition coefficient (Wildman–Crippen LogP) is 5.11. The Balaban J connectivity index is 1.24. The Morgan fingerprint density at radius 1 is 0.875 bits per heavy atom. The topological polar surface area (TPSA) is 126 Å². The van der Waals surface area contributed by atoms with Gasteiger partial charge in [0, 0.05) is 11.6 Å². The summed E-state index contributed by atoms with van der Waals surface area (Å²) in [7, 11) is 0. The highest BCUT2D eigenvalue weighted by Crippen LogP contribution is 2.44. The van der Waals surface area contributed by atoms with E-state index in [0.717, 1.165) is 22.3 Å². The molecule has 0 spiro atoms. The lowest BCUT2D eigenvalue weighted by atomic mass is 9.98. The van der Waals surface area contributed by atoms with Crippen molar-refractivity contribution < 1.29 is 29.0 Å². The molecular weight excluding hydrogens is 510 g/mol. The van der Waals surface area contributed by atoms with Crippen LogP contribution in [0, 0.1) is 0 Å². The average molecular weight is 546 g/mol. The fourth-order valence-corrected chi connectivity index (χ4v) is 4.53. The quantitative estimate of drug-likeness (QED) is 0.312. The Morgan fingerprint density at radius 3 is 2.02 bits per heavy atom. The SMILES string of the molecule is C[C@H](NC(=O)OCC1c2ccccc2-c2ccccc21)C(=O)Nc1ccc(C(O)CNC(=O)OC(C)(C)C)cc1. The predicted molar refractivity (Wildman–Crippen MR) is 152 cm³/mol. The van der Waals surface area contributed by atoms with E-state index >= 15 is 0 Å². The first-order valence-corrected chi connectivity index (χ1v) is 13.2. The molecule has 4 rings (SSSR count). The molecule has 210 valence electrons. The second kappa shape index (κ2) is 12.2. The first-order valence-electron chi connectivity index (χ1n) is 13.2. The molecular formula is C31H35N3O6. The molecule has 0 saturated carbocycles. The lowest BCUT2D eigenvalue weighted by Gasteiger charge is -2.20. The molecule has 1 unspecified atom stereocenters. The maximum absolute atomic E-state index is 12.7. The molecule has 0 bridgehead atoms. The molecule has 0 fully saturated rings. The Kier molecular flexibility index (Phi) is 8.74. The first-order chi connectivity index (χ1) is 19.0. The number of amides is 3. The Hall–Kier alpha value is -4.37. The zero-order valence-corrected chi connectivity index (χ0v) is 23.1. The zero-order valence-electron chi connectivity index (χ0n) is 23.1.